The summed E-state index contributed by atoms with van der Waals surface area (Å²) < 4.78 is 2.36. The Kier molecular flexibility index (Phi) is 3.67. The van der Waals surface area contributed by atoms with Crippen molar-refractivity contribution in [2.24, 2.45) is 5.73 Å². The first kappa shape index (κ1) is 12.5. The van der Waals surface area contributed by atoms with E-state index < -0.39 is 0 Å². The van der Waals surface area contributed by atoms with Gasteiger partial charge in [-0.3, -0.25) is 0 Å². The number of hydrogen-bond acceptors (Lipinski definition) is 2. The fraction of sp³-hybridized carbons (Fsp3) is 0.250. The Balaban J connectivity index is 1.90. The van der Waals surface area contributed by atoms with Gasteiger partial charge in [0.1, 0.15) is 0 Å². The second kappa shape index (κ2) is 5.59. The summed E-state index contributed by atoms with van der Waals surface area (Å²) in [6, 6.07) is 13.0. The van der Waals surface area contributed by atoms with E-state index in [9.17, 15) is 0 Å². The van der Waals surface area contributed by atoms with Crippen LogP contribution in [0.3, 0.4) is 0 Å². The van der Waals surface area contributed by atoms with E-state index in [4.69, 9.17) is 5.73 Å². The second-order valence-electron chi connectivity index (χ2n) is 4.73. The number of thiophene rings is 1. The third-order valence-corrected chi connectivity index (χ3v) is 4.40. The summed E-state index contributed by atoms with van der Waals surface area (Å²) in [5, 5.41) is 3.46. The van der Waals surface area contributed by atoms with Gasteiger partial charge in [0.2, 0.25) is 0 Å². The van der Waals surface area contributed by atoms with Crippen molar-refractivity contribution in [2.75, 3.05) is 6.54 Å². The van der Waals surface area contributed by atoms with Gasteiger partial charge in [0, 0.05) is 17.6 Å². The van der Waals surface area contributed by atoms with Gasteiger partial charge >= 0.3 is 0 Å². The number of aryl methyl sites for hydroxylation is 2. The molecule has 0 aliphatic rings. The predicted molar refractivity (Wildman–Crippen MR) is 82.7 cm³/mol. The number of fused-ring (bicyclic) bond motifs is 1. The zero-order valence-corrected chi connectivity index (χ0v) is 11.7. The van der Waals surface area contributed by atoms with E-state index >= 15 is 0 Å². The lowest BCUT2D eigenvalue weighted by Gasteiger charge is -2.09. The average Bonchev–Trinajstić information content (AvgIpc) is 3.06. The Morgan fingerprint density at radius 2 is 2.00 bits per heavy atom. The molecule has 0 spiro atoms. The minimum absolute atomic E-state index is 0.704. The standard InChI is InChI=1S/C16H18N2S/c17-9-6-13-3-1-4-14-7-10-18(16(13)14)11-8-15-5-2-12-19-15/h1-5,7,10,12H,6,8-9,11,17H2. The lowest BCUT2D eigenvalue weighted by atomic mass is 10.1. The van der Waals surface area contributed by atoms with Crippen LogP contribution in [-0.4, -0.2) is 11.1 Å². The summed E-state index contributed by atoms with van der Waals surface area (Å²) in [7, 11) is 0. The van der Waals surface area contributed by atoms with E-state index in [1.54, 1.807) is 0 Å². The molecule has 0 saturated heterocycles. The molecule has 0 aliphatic carbocycles. The van der Waals surface area contributed by atoms with Crippen LogP contribution in [0.1, 0.15) is 10.4 Å². The monoisotopic (exact) mass is 270 g/mol. The number of rotatable bonds is 5. The van der Waals surface area contributed by atoms with E-state index in [1.807, 2.05) is 11.3 Å². The molecule has 0 bridgehead atoms. The summed E-state index contributed by atoms with van der Waals surface area (Å²) in [4.78, 5) is 1.44. The highest BCUT2D eigenvalue weighted by atomic mass is 32.1. The smallest absolute Gasteiger partial charge is 0.0513 e. The van der Waals surface area contributed by atoms with Gasteiger partial charge in [0.05, 0.1) is 5.52 Å². The fourth-order valence-electron chi connectivity index (χ4n) is 2.57. The van der Waals surface area contributed by atoms with E-state index in [0.717, 1.165) is 19.4 Å². The minimum Gasteiger partial charge on any atom is -0.347 e. The van der Waals surface area contributed by atoms with Crippen molar-refractivity contribution in [1.29, 1.82) is 0 Å². The normalized spacial score (nSPS) is 11.2. The SMILES string of the molecule is NCCc1cccc2ccn(CCc3cccs3)c12. The van der Waals surface area contributed by atoms with Crippen LogP contribution in [0.4, 0.5) is 0 Å². The number of nitrogens with two attached hydrogens (primary N) is 1. The Bertz CT molecular complexity index is 653. The summed E-state index contributed by atoms with van der Waals surface area (Å²) >= 11 is 1.83. The van der Waals surface area contributed by atoms with Crippen molar-refractivity contribution in [3.63, 3.8) is 0 Å². The summed E-state index contributed by atoms with van der Waals surface area (Å²) in [5.74, 6) is 0. The second-order valence-corrected chi connectivity index (χ2v) is 5.76. The average molecular weight is 270 g/mol. The molecule has 0 radical (unpaired) electrons. The highest BCUT2D eigenvalue weighted by Gasteiger charge is 2.06. The van der Waals surface area contributed by atoms with Crippen molar-refractivity contribution in [3.8, 4) is 0 Å². The molecule has 98 valence electrons. The first-order chi connectivity index (χ1) is 9.38. The van der Waals surface area contributed by atoms with Gasteiger partial charge < -0.3 is 10.3 Å². The van der Waals surface area contributed by atoms with Crippen LogP contribution in [0.25, 0.3) is 10.9 Å². The van der Waals surface area contributed by atoms with Gasteiger partial charge in [-0.2, -0.15) is 0 Å². The van der Waals surface area contributed by atoms with E-state index in [0.29, 0.717) is 6.54 Å². The van der Waals surface area contributed by atoms with E-state index in [-0.39, 0.29) is 0 Å². The molecule has 3 aromatic rings. The summed E-state index contributed by atoms with van der Waals surface area (Å²) in [6.45, 7) is 1.74. The largest absolute Gasteiger partial charge is 0.347 e. The predicted octanol–water partition coefficient (Wildman–Crippen LogP) is 3.45. The van der Waals surface area contributed by atoms with Crippen molar-refractivity contribution in [2.45, 2.75) is 19.4 Å². The maximum Gasteiger partial charge on any atom is 0.0513 e. The Labute approximate surface area is 117 Å². The van der Waals surface area contributed by atoms with Gasteiger partial charge in [0.25, 0.3) is 0 Å². The lowest BCUT2D eigenvalue weighted by molar-refractivity contribution is 0.726. The van der Waals surface area contributed by atoms with Gasteiger partial charge in [0.15, 0.2) is 0 Å². The molecule has 2 heterocycles. The Morgan fingerprint density at radius 1 is 1.05 bits per heavy atom. The molecule has 3 rings (SSSR count). The van der Waals surface area contributed by atoms with Crippen LogP contribution in [-0.2, 0) is 19.4 Å². The van der Waals surface area contributed by atoms with Crippen LogP contribution >= 0.6 is 11.3 Å². The molecule has 0 atom stereocenters. The van der Waals surface area contributed by atoms with Crippen LogP contribution in [0.5, 0.6) is 0 Å². The lowest BCUT2D eigenvalue weighted by Crippen LogP contribution is -2.06. The van der Waals surface area contributed by atoms with Gasteiger partial charge in [-0.05, 0) is 47.8 Å². The van der Waals surface area contributed by atoms with Crippen LogP contribution in [0.15, 0.2) is 48.0 Å². The van der Waals surface area contributed by atoms with Gasteiger partial charge in [-0.25, -0.2) is 0 Å². The van der Waals surface area contributed by atoms with Crippen molar-refractivity contribution >= 4 is 22.2 Å². The third kappa shape index (κ3) is 2.57. The molecule has 2 nitrogen and oxygen atoms in total. The summed E-state index contributed by atoms with van der Waals surface area (Å²) in [6.07, 6.45) is 4.23. The zero-order valence-electron chi connectivity index (χ0n) is 10.9. The third-order valence-electron chi connectivity index (χ3n) is 3.46. The van der Waals surface area contributed by atoms with Crippen LogP contribution in [0, 0.1) is 0 Å². The molecule has 3 heteroatoms. The molecule has 19 heavy (non-hydrogen) atoms. The molecule has 0 aliphatic heterocycles. The minimum atomic E-state index is 0.704. The maximum absolute atomic E-state index is 5.71. The molecule has 0 fully saturated rings. The highest BCUT2D eigenvalue weighted by Crippen LogP contribution is 2.21. The molecule has 2 aromatic heterocycles. The van der Waals surface area contributed by atoms with E-state index in [1.165, 1.54) is 21.3 Å². The molecular weight excluding hydrogens is 252 g/mol. The van der Waals surface area contributed by atoms with Crippen LogP contribution in [0.2, 0.25) is 0 Å². The molecular formula is C16H18N2S. The Morgan fingerprint density at radius 3 is 2.79 bits per heavy atom. The molecule has 0 unspecified atom stereocenters. The van der Waals surface area contributed by atoms with Crippen molar-refractivity contribution in [3.05, 3.63) is 58.4 Å². The maximum atomic E-state index is 5.71. The molecule has 2 N–H and O–H groups in total. The first-order valence-corrected chi connectivity index (χ1v) is 7.55. The van der Waals surface area contributed by atoms with Crippen LogP contribution < -0.4 is 5.73 Å². The quantitative estimate of drug-likeness (QED) is 0.756. The summed E-state index contributed by atoms with van der Waals surface area (Å²) in [5.41, 5.74) is 8.42. The number of nitrogens with zero attached hydrogens (tertiary/aromatic N) is 1. The molecule has 0 saturated carbocycles. The number of benzene rings is 1. The van der Waals surface area contributed by atoms with Gasteiger partial charge in [-0.15, -0.1) is 11.3 Å². The number of hydrogen-bond donors (Lipinski definition) is 1. The van der Waals surface area contributed by atoms with Crippen molar-refractivity contribution in [1.82, 2.24) is 4.57 Å². The topological polar surface area (TPSA) is 30.9 Å². The van der Waals surface area contributed by atoms with E-state index in [2.05, 4.69) is 52.5 Å². The highest BCUT2D eigenvalue weighted by molar-refractivity contribution is 7.09. The fourth-order valence-corrected chi connectivity index (χ4v) is 3.27. The molecule has 0 amide bonds. The number of para-hydroxylation sites is 1. The Hall–Kier alpha value is -1.58. The first-order valence-electron chi connectivity index (χ1n) is 6.67. The van der Waals surface area contributed by atoms with Gasteiger partial charge in [-0.1, -0.05) is 24.3 Å². The zero-order chi connectivity index (χ0) is 13.1. The number of aromatic nitrogens is 1. The van der Waals surface area contributed by atoms with Crippen molar-refractivity contribution < 1.29 is 0 Å². The molecule has 1 aromatic carbocycles.